The molecule has 0 saturated carbocycles. The molecule has 1 N–H and O–H groups in total. The Balaban J connectivity index is 2.43. The first kappa shape index (κ1) is 13.5. The summed E-state index contributed by atoms with van der Waals surface area (Å²) < 4.78 is 13.4. The van der Waals surface area contributed by atoms with Gasteiger partial charge in [-0.3, -0.25) is 4.79 Å². The van der Waals surface area contributed by atoms with Crippen LogP contribution in [0.4, 0.5) is 4.39 Å². The monoisotopic (exact) mass is 306 g/mol. The molecule has 5 heteroatoms. The summed E-state index contributed by atoms with van der Waals surface area (Å²) in [5.41, 5.74) is 0.982. The molecule has 0 heterocycles. The Morgan fingerprint density at radius 3 is 2.88 bits per heavy atom. The van der Waals surface area contributed by atoms with E-state index in [4.69, 9.17) is 5.11 Å². The third kappa shape index (κ3) is 4.14. The van der Waals surface area contributed by atoms with Crippen molar-refractivity contribution in [3.05, 3.63) is 34.1 Å². The molecular weight excluding hydrogens is 295 g/mol. The molecule has 0 spiro atoms. The van der Waals surface area contributed by atoms with Gasteiger partial charge in [-0.2, -0.15) is 11.8 Å². The fourth-order valence-corrected chi connectivity index (χ4v) is 2.51. The minimum Gasteiger partial charge on any atom is -0.481 e. The highest BCUT2D eigenvalue weighted by molar-refractivity contribution is 9.10. The van der Waals surface area contributed by atoms with Gasteiger partial charge in [0.2, 0.25) is 0 Å². The summed E-state index contributed by atoms with van der Waals surface area (Å²) in [6.45, 7) is 1.68. The summed E-state index contributed by atoms with van der Waals surface area (Å²) in [6.07, 6.45) is 0. The number of benzene rings is 1. The second kappa shape index (κ2) is 6.25. The van der Waals surface area contributed by atoms with Crippen molar-refractivity contribution < 1.29 is 14.3 Å². The maximum absolute atomic E-state index is 12.9. The maximum atomic E-state index is 12.9. The lowest BCUT2D eigenvalue weighted by Gasteiger charge is -2.06. The number of hydrogen-bond donors (Lipinski definition) is 1. The second-order valence-electron chi connectivity index (χ2n) is 3.50. The summed E-state index contributed by atoms with van der Waals surface area (Å²) in [4.78, 5) is 10.6. The smallest absolute Gasteiger partial charge is 0.307 e. The Hall–Kier alpha value is -0.550. The van der Waals surface area contributed by atoms with E-state index in [1.807, 2.05) is 0 Å². The highest BCUT2D eigenvalue weighted by atomic mass is 79.9. The van der Waals surface area contributed by atoms with Crippen molar-refractivity contribution >= 4 is 33.7 Å². The van der Waals surface area contributed by atoms with E-state index in [0.717, 1.165) is 5.56 Å². The molecule has 1 unspecified atom stereocenters. The van der Waals surface area contributed by atoms with Crippen LogP contribution in [0.2, 0.25) is 0 Å². The number of carbonyl (C=O) groups is 1. The lowest BCUT2D eigenvalue weighted by molar-refractivity contribution is -0.140. The maximum Gasteiger partial charge on any atom is 0.307 e. The number of hydrogen-bond acceptors (Lipinski definition) is 2. The third-order valence-corrected chi connectivity index (χ3v) is 3.92. The number of carboxylic acid groups (broad SMARTS) is 1. The fourth-order valence-electron chi connectivity index (χ4n) is 1.05. The molecule has 0 bridgehead atoms. The number of thioether (sulfide) groups is 1. The van der Waals surface area contributed by atoms with Gasteiger partial charge >= 0.3 is 5.97 Å². The predicted octanol–water partition coefficient (Wildman–Crippen LogP) is 3.54. The van der Waals surface area contributed by atoms with Gasteiger partial charge in [0.25, 0.3) is 0 Å². The van der Waals surface area contributed by atoms with Gasteiger partial charge in [-0.05, 0) is 33.6 Å². The lowest BCUT2D eigenvalue weighted by atomic mass is 10.2. The first-order chi connectivity index (χ1) is 7.50. The van der Waals surface area contributed by atoms with Crippen LogP contribution >= 0.6 is 27.7 Å². The van der Waals surface area contributed by atoms with E-state index in [9.17, 15) is 9.18 Å². The van der Waals surface area contributed by atoms with Crippen molar-refractivity contribution in [3.8, 4) is 0 Å². The van der Waals surface area contributed by atoms with Crippen LogP contribution in [0.15, 0.2) is 22.7 Å². The molecule has 0 amide bonds. The molecule has 1 aromatic rings. The summed E-state index contributed by atoms with van der Waals surface area (Å²) in [5.74, 6) is -0.171. The van der Waals surface area contributed by atoms with Gasteiger partial charge < -0.3 is 5.11 Å². The Kier molecular flexibility index (Phi) is 5.28. The van der Waals surface area contributed by atoms with Gasteiger partial charge in [0.05, 0.1) is 10.4 Å². The van der Waals surface area contributed by atoms with E-state index < -0.39 is 5.97 Å². The molecule has 0 aliphatic carbocycles. The molecule has 16 heavy (non-hydrogen) atoms. The van der Waals surface area contributed by atoms with Crippen molar-refractivity contribution in [2.75, 3.05) is 5.75 Å². The molecule has 0 saturated heterocycles. The quantitative estimate of drug-likeness (QED) is 0.904. The largest absolute Gasteiger partial charge is 0.481 e. The van der Waals surface area contributed by atoms with Crippen LogP contribution in [-0.2, 0) is 10.5 Å². The molecule has 0 aliphatic rings. The average molecular weight is 307 g/mol. The molecule has 0 fully saturated rings. The molecule has 0 radical (unpaired) electrons. The van der Waals surface area contributed by atoms with Gasteiger partial charge in [0, 0.05) is 11.5 Å². The summed E-state index contributed by atoms with van der Waals surface area (Å²) in [5, 5.41) is 8.69. The molecule has 0 aliphatic heterocycles. The van der Waals surface area contributed by atoms with Crippen molar-refractivity contribution in [1.29, 1.82) is 0 Å². The van der Waals surface area contributed by atoms with E-state index >= 15 is 0 Å². The van der Waals surface area contributed by atoms with Gasteiger partial charge in [-0.25, -0.2) is 4.39 Å². The van der Waals surface area contributed by atoms with E-state index in [-0.39, 0.29) is 11.7 Å². The highest BCUT2D eigenvalue weighted by Crippen LogP contribution is 2.21. The minimum atomic E-state index is -0.784. The minimum absolute atomic E-state index is 0.285. The summed E-state index contributed by atoms with van der Waals surface area (Å²) in [7, 11) is 0. The Labute approximate surface area is 106 Å². The summed E-state index contributed by atoms with van der Waals surface area (Å²) in [6, 6.07) is 4.83. The summed E-state index contributed by atoms with van der Waals surface area (Å²) >= 11 is 4.64. The SMILES string of the molecule is CC(CSCc1ccc(F)c(Br)c1)C(=O)O. The van der Waals surface area contributed by atoms with E-state index in [1.165, 1.54) is 17.8 Å². The van der Waals surface area contributed by atoms with Gasteiger partial charge in [-0.15, -0.1) is 0 Å². The number of carboxylic acids is 1. The van der Waals surface area contributed by atoms with Crippen LogP contribution in [-0.4, -0.2) is 16.8 Å². The van der Waals surface area contributed by atoms with Crippen LogP contribution in [0, 0.1) is 11.7 Å². The zero-order chi connectivity index (χ0) is 12.1. The van der Waals surface area contributed by atoms with Crippen LogP contribution < -0.4 is 0 Å². The Morgan fingerprint density at radius 1 is 1.62 bits per heavy atom. The number of halogens is 2. The van der Waals surface area contributed by atoms with E-state index in [0.29, 0.717) is 16.0 Å². The zero-order valence-corrected chi connectivity index (χ0v) is 11.1. The van der Waals surface area contributed by atoms with Crippen LogP contribution in [0.1, 0.15) is 12.5 Å². The number of rotatable bonds is 5. The first-order valence-corrected chi connectivity index (χ1v) is 6.70. The Morgan fingerprint density at radius 2 is 2.31 bits per heavy atom. The van der Waals surface area contributed by atoms with Crippen molar-refractivity contribution in [2.24, 2.45) is 5.92 Å². The average Bonchev–Trinajstić information content (AvgIpc) is 2.23. The standard InChI is InChI=1S/C11H12BrFO2S/c1-7(11(14)15)5-16-6-8-2-3-10(13)9(12)4-8/h2-4,7H,5-6H2,1H3,(H,14,15). The number of aliphatic carboxylic acids is 1. The second-order valence-corrected chi connectivity index (χ2v) is 5.39. The first-order valence-electron chi connectivity index (χ1n) is 4.75. The van der Waals surface area contributed by atoms with Gasteiger partial charge in [-0.1, -0.05) is 13.0 Å². The van der Waals surface area contributed by atoms with Crippen molar-refractivity contribution in [2.45, 2.75) is 12.7 Å². The van der Waals surface area contributed by atoms with Crippen molar-refractivity contribution in [1.82, 2.24) is 0 Å². The molecule has 1 rings (SSSR count). The van der Waals surface area contributed by atoms with Crippen LogP contribution in [0.5, 0.6) is 0 Å². The topological polar surface area (TPSA) is 37.3 Å². The van der Waals surface area contributed by atoms with Crippen LogP contribution in [0.3, 0.4) is 0 Å². The third-order valence-electron chi connectivity index (χ3n) is 2.04. The molecule has 0 aromatic heterocycles. The van der Waals surface area contributed by atoms with E-state index in [1.54, 1.807) is 19.1 Å². The highest BCUT2D eigenvalue weighted by Gasteiger charge is 2.10. The predicted molar refractivity (Wildman–Crippen MR) is 67.1 cm³/mol. The molecular formula is C11H12BrFO2S. The van der Waals surface area contributed by atoms with Gasteiger partial charge in [0.1, 0.15) is 5.82 Å². The molecule has 88 valence electrons. The fraction of sp³-hybridized carbons (Fsp3) is 0.364. The van der Waals surface area contributed by atoms with Crippen molar-refractivity contribution in [3.63, 3.8) is 0 Å². The lowest BCUT2D eigenvalue weighted by Crippen LogP contribution is -2.11. The molecule has 1 atom stereocenters. The zero-order valence-electron chi connectivity index (χ0n) is 8.74. The normalized spacial score (nSPS) is 12.4. The Bertz CT molecular complexity index is 384. The van der Waals surface area contributed by atoms with Crippen LogP contribution in [0.25, 0.3) is 0 Å². The van der Waals surface area contributed by atoms with E-state index in [2.05, 4.69) is 15.9 Å². The molecule has 2 nitrogen and oxygen atoms in total. The van der Waals surface area contributed by atoms with Gasteiger partial charge in [0.15, 0.2) is 0 Å². The molecule has 1 aromatic carbocycles.